The summed E-state index contributed by atoms with van der Waals surface area (Å²) < 4.78 is 0. The Bertz CT molecular complexity index is 309. The van der Waals surface area contributed by atoms with Gasteiger partial charge in [-0.1, -0.05) is 0 Å². The van der Waals surface area contributed by atoms with E-state index in [1.165, 1.54) is 0 Å². The summed E-state index contributed by atoms with van der Waals surface area (Å²) in [5, 5.41) is 2.74. The molecule has 7 nitrogen and oxygen atoms in total. The van der Waals surface area contributed by atoms with Gasteiger partial charge in [0.15, 0.2) is 0 Å². The van der Waals surface area contributed by atoms with Gasteiger partial charge in [-0.3, -0.25) is 0 Å². The largest absolute Gasteiger partial charge is 0.336 e. The van der Waals surface area contributed by atoms with Gasteiger partial charge in [-0.05, 0) is 0 Å². The van der Waals surface area contributed by atoms with Crippen LogP contribution in [-0.2, 0) is 0 Å². The molecule has 2 rings (SSSR count). The lowest BCUT2D eigenvalue weighted by Crippen LogP contribution is -2.40. The van der Waals surface area contributed by atoms with Crippen LogP contribution in [0.15, 0.2) is 0 Å². The van der Waals surface area contributed by atoms with Crippen molar-refractivity contribution in [1.29, 1.82) is 0 Å². The van der Waals surface area contributed by atoms with Crippen molar-refractivity contribution in [2.75, 3.05) is 52.4 Å². The third-order valence-corrected chi connectivity index (χ3v) is 3.16. The fraction of sp³-hybridized carbons (Fsp3) is 0.800. The van der Waals surface area contributed by atoms with Gasteiger partial charge in [0.2, 0.25) is 0 Å². The van der Waals surface area contributed by atoms with Crippen LogP contribution >= 0.6 is 0 Å². The number of urea groups is 2. The number of carbonyl (C=O) groups excluding carboxylic acids is 2. The average molecular weight is 241 g/mol. The monoisotopic (exact) mass is 241 g/mol. The van der Waals surface area contributed by atoms with E-state index in [0.29, 0.717) is 32.7 Å². The Balaban J connectivity index is 1.76. The standard InChI is InChI=1S/C10H19N5O2/c11-1-3-14-7-8-15(10(14)17)6-5-13-4-2-12-9(13)16/h1-8,11H2,(H,12,16). The van der Waals surface area contributed by atoms with Crippen LogP contribution in [0, 0.1) is 0 Å². The fourth-order valence-electron chi connectivity index (χ4n) is 2.17. The molecule has 0 aromatic rings. The molecule has 2 fully saturated rings. The van der Waals surface area contributed by atoms with Crippen LogP contribution in [0.2, 0.25) is 0 Å². The van der Waals surface area contributed by atoms with Gasteiger partial charge in [-0.15, -0.1) is 0 Å². The normalized spacial score (nSPS) is 20.4. The van der Waals surface area contributed by atoms with E-state index in [0.717, 1.165) is 19.6 Å². The molecule has 2 saturated heterocycles. The van der Waals surface area contributed by atoms with E-state index in [-0.39, 0.29) is 12.1 Å². The van der Waals surface area contributed by atoms with Gasteiger partial charge in [-0.2, -0.15) is 0 Å². The van der Waals surface area contributed by atoms with Gasteiger partial charge in [0, 0.05) is 52.4 Å². The van der Waals surface area contributed by atoms with E-state index >= 15 is 0 Å². The van der Waals surface area contributed by atoms with E-state index in [4.69, 9.17) is 5.73 Å². The van der Waals surface area contributed by atoms with Gasteiger partial charge in [0.25, 0.3) is 0 Å². The minimum Gasteiger partial charge on any atom is -0.336 e. The molecule has 2 aliphatic heterocycles. The summed E-state index contributed by atoms with van der Waals surface area (Å²) in [6.45, 7) is 5.21. The Morgan fingerprint density at radius 3 is 2.24 bits per heavy atom. The Kier molecular flexibility index (Phi) is 3.68. The lowest BCUT2D eigenvalue weighted by atomic mass is 10.5. The Hall–Kier alpha value is -1.50. The molecule has 0 radical (unpaired) electrons. The lowest BCUT2D eigenvalue weighted by Gasteiger charge is -2.21. The van der Waals surface area contributed by atoms with E-state index < -0.39 is 0 Å². The Morgan fingerprint density at radius 2 is 1.65 bits per heavy atom. The molecule has 3 N–H and O–H groups in total. The highest BCUT2D eigenvalue weighted by atomic mass is 16.2. The molecule has 96 valence electrons. The molecule has 4 amide bonds. The quantitative estimate of drug-likeness (QED) is 0.628. The number of nitrogens with one attached hydrogen (secondary N) is 1. The number of rotatable bonds is 5. The SMILES string of the molecule is NCCN1CCN(CCN2CCNC2=O)C1=O. The van der Waals surface area contributed by atoms with E-state index in [2.05, 4.69) is 5.32 Å². The second-order valence-electron chi connectivity index (χ2n) is 4.26. The maximum absolute atomic E-state index is 11.9. The summed E-state index contributed by atoms with van der Waals surface area (Å²) in [6.07, 6.45) is 0. The molecule has 2 aliphatic rings. The van der Waals surface area contributed by atoms with Crippen molar-refractivity contribution in [3.63, 3.8) is 0 Å². The first-order valence-corrected chi connectivity index (χ1v) is 5.99. The number of hydrogen-bond acceptors (Lipinski definition) is 3. The molecule has 0 spiro atoms. The predicted molar refractivity (Wildman–Crippen MR) is 62.6 cm³/mol. The zero-order valence-corrected chi connectivity index (χ0v) is 9.89. The molecule has 0 unspecified atom stereocenters. The summed E-state index contributed by atoms with van der Waals surface area (Å²) in [5.41, 5.74) is 5.43. The molecule has 0 bridgehead atoms. The Morgan fingerprint density at radius 1 is 1.00 bits per heavy atom. The van der Waals surface area contributed by atoms with Crippen LogP contribution in [-0.4, -0.2) is 79.1 Å². The number of nitrogens with zero attached hydrogens (tertiary/aromatic N) is 3. The highest BCUT2D eigenvalue weighted by Crippen LogP contribution is 2.08. The summed E-state index contributed by atoms with van der Waals surface area (Å²) in [7, 11) is 0. The predicted octanol–water partition coefficient (Wildman–Crippen LogP) is -1.29. The molecule has 2 heterocycles. The first kappa shape index (κ1) is 12.0. The van der Waals surface area contributed by atoms with Crippen LogP contribution in [0.4, 0.5) is 9.59 Å². The molecule has 17 heavy (non-hydrogen) atoms. The molecule has 0 saturated carbocycles. The van der Waals surface area contributed by atoms with Crippen molar-refractivity contribution in [2.45, 2.75) is 0 Å². The van der Waals surface area contributed by atoms with Crippen molar-refractivity contribution >= 4 is 12.1 Å². The maximum Gasteiger partial charge on any atom is 0.320 e. The van der Waals surface area contributed by atoms with E-state index in [9.17, 15) is 9.59 Å². The highest BCUT2D eigenvalue weighted by molar-refractivity contribution is 5.77. The van der Waals surface area contributed by atoms with Gasteiger partial charge in [-0.25, -0.2) is 9.59 Å². The first-order valence-electron chi connectivity index (χ1n) is 5.99. The molecular weight excluding hydrogens is 222 g/mol. The summed E-state index contributed by atoms with van der Waals surface area (Å²) in [4.78, 5) is 28.4. The molecule has 0 aliphatic carbocycles. The van der Waals surface area contributed by atoms with E-state index in [1.54, 1.807) is 14.7 Å². The second-order valence-corrected chi connectivity index (χ2v) is 4.26. The van der Waals surface area contributed by atoms with Crippen LogP contribution in [0.1, 0.15) is 0 Å². The number of carbonyl (C=O) groups is 2. The van der Waals surface area contributed by atoms with Gasteiger partial charge in [0.05, 0.1) is 0 Å². The molecular formula is C10H19N5O2. The summed E-state index contributed by atoms with van der Waals surface area (Å²) in [6, 6.07) is 0.00511. The minimum atomic E-state index is -0.0320. The first-order chi connectivity index (χ1) is 8.22. The molecule has 0 atom stereocenters. The molecule has 0 aromatic heterocycles. The van der Waals surface area contributed by atoms with Gasteiger partial charge in [0.1, 0.15) is 0 Å². The average Bonchev–Trinajstić information content (AvgIpc) is 2.86. The number of nitrogens with two attached hydrogens (primary N) is 1. The minimum absolute atomic E-state index is 0.0320. The Labute approximate surface area is 101 Å². The maximum atomic E-state index is 11.9. The molecule has 7 heteroatoms. The lowest BCUT2D eigenvalue weighted by molar-refractivity contribution is 0.184. The summed E-state index contributed by atoms with van der Waals surface area (Å²) in [5.74, 6) is 0. The van der Waals surface area contributed by atoms with Gasteiger partial charge >= 0.3 is 12.1 Å². The van der Waals surface area contributed by atoms with Crippen LogP contribution < -0.4 is 11.1 Å². The number of hydrogen-bond donors (Lipinski definition) is 2. The molecule has 0 aromatic carbocycles. The van der Waals surface area contributed by atoms with Crippen LogP contribution in [0.3, 0.4) is 0 Å². The van der Waals surface area contributed by atoms with Crippen molar-refractivity contribution < 1.29 is 9.59 Å². The fourth-order valence-corrected chi connectivity index (χ4v) is 2.17. The third kappa shape index (κ3) is 2.60. The zero-order valence-electron chi connectivity index (χ0n) is 9.89. The summed E-state index contributed by atoms with van der Waals surface area (Å²) >= 11 is 0. The topological polar surface area (TPSA) is 81.9 Å². The van der Waals surface area contributed by atoms with E-state index in [1.807, 2.05) is 0 Å². The van der Waals surface area contributed by atoms with Crippen LogP contribution in [0.5, 0.6) is 0 Å². The van der Waals surface area contributed by atoms with Crippen molar-refractivity contribution in [2.24, 2.45) is 5.73 Å². The number of amides is 4. The van der Waals surface area contributed by atoms with Crippen molar-refractivity contribution in [3.8, 4) is 0 Å². The van der Waals surface area contributed by atoms with Crippen LogP contribution in [0.25, 0.3) is 0 Å². The van der Waals surface area contributed by atoms with Crippen molar-refractivity contribution in [1.82, 2.24) is 20.0 Å². The van der Waals surface area contributed by atoms with Gasteiger partial charge < -0.3 is 25.8 Å². The zero-order chi connectivity index (χ0) is 12.3. The smallest absolute Gasteiger partial charge is 0.320 e. The highest BCUT2D eigenvalue weighted by Gasteiger charge is 2.28. The second kappa shape index (κ2) is 5.22. The third-order valence-electron chi connectivity index (χ3n) is 3.16. The van der Waals surface area contributed by atoms with Crippen molar-refractivity contribution in [3.05, 3.63) is 0 Å².